The average Bonchev–Trinajstić information content (AvgIpc) is 2.72. The van der Waals surface area contributed by atoms with Crippen molar-refractivity contribution in [2.45, 2.75) is 26.2 Å². The summed E-state index contributed by atoms with van der Waals surface area (Å²) in [5.41, 5.74) is 3.06. The Hall–Kier alpha value is -2.71. The van der Waals surface area contributed by atoms with E-state index in [0.29, 0.717) is 16.1 Å². The molecule has 0 unspecified atom stereocenters. The summed E-state index contributed by atoms with van der Waals surface area (Å²) in [5.74, 6) is -1.17. The maximum absolute atomic E-state index is 14.8. The molecule has 0 bridgehead atoms. The van der Waals surface area contributed by atoms with Gasteiger partial charge in [0, 0.05) is 5.02 Å². The highest BCUT2D eigenvalue weighted by atomic mass is 35.5. The van der Waals surface area contributed by atoms with Crippen LogP contribution in [-0.2, 0) is 6.42 Å². The zero-order valence-electron chi connectivity index (χ0n) is 16.2. The van der Waals surface area contributed by atoms with Gasteiger partial charge < -0.3 is 0 Å². The molecular formula is C26H21ClF2. The topological polar surface area (TPSA) is 0 Å². The molecule has 0 nitrogen and oxygen atoms in total. The lowest BCUT2D eigenvalue weighted by Crippen LogP contribution is -1.92. The Morgan fingerprint density at radius 2 is 1.31 bits per heavy atom. The zero-order chi connectivity index (χ0) is 20.4. The van der Waals surface area contributed by atoms with Gasteiger partial charge >= 0.3 is 0 Å². The van der Waals surface area contributed by atoms with Crippen LogP contribution in [-0.4, -0.2) is 0 Å². The second-order valence-electron chi connectivity index (χ2n) is 7.32. The Bertz CT molecular complexity index is 1140. The third-order valence-electron chi connectivity index (χ3n) is 5.23. The van der Waals surface area contributed by atoms with Crippen LogP contribution in [0.15, 0.2) is 72.8 Å². The molecule has 0 saturated carbocycles. The zero-order valence-corrected chi connectivity index (χ0v) is 16.9. The van der Waals surface area contributed by atoms with Crippen LogP contribution in [0, 0.1) is 11.6 Å². The van der Waals surface area contributed by atoms with Crippen LogP contribution < -0.4 is 0 Å². The van der Waals surface area contributed by atoms with E-state index in [1.807, 2.05) is 18.2 Å². The predicted molar refractivity (Wildman–Crippen MR) is 118 cm³/mol. The van der Waals surface area contributed by atoms with Crippen molar-refractivity contribution in [1.82, 2.24) is 0 Å². The first-order chi connectivity index (χ1) is 14.0. The van der Waals surface area contributed by atoms with Crippen molar-refractivity contribution < 1.29 is 8.78 Å². The molecule has 0 aliphatic carbocycles. The van der Waals surface area contributed by atoms with E-state index in [1.165, 1.54) is 30.5 Å². The molecular weight excluding hydrogens is 386 g/mol. The lowest BCUT2D eigenvalue weighted by atomic mass is 9.96. The minimum absolute atomic E-state index is 0.0354. The van der Waals surface area contributed by atoms with Crippen molar-refractivity contribution in [3.63, 3.8) is 0 Å². The third-order valence-corrected chi connectivity index (χ3v) is 5.48. The molecule has 4 aromatic rings. The highest BCUT2D eigenvalue weighted by Gasteiger charge is 2.14. The standard InChI is InChI=1S/C26H21ClF2/c1-2-3-4-17-5-6-20-14-21(8-7-19(20)13-17)22-15-24(28)26(25(29)16-22)18-9-11-23(27)12-10-18/h5-16H,2-4H2,1H3. The van der Waals surface area contributed by atoms with Gasteiger partial charge in [0.25, 0.3) is 0 Å². The molecule has 0 spiro atoms. The summed E-state index contributed by atoms with van der Waals surface area (Å²) in [6.45, 7) is 2.18. The largest absolute Gasteiger partial charge is 0.206 e. The number of rotatable bonds is 5. The molecule has 0 fully saturated rings. The number of benzene rings is 4. The molecule has 0 amide bonds. The Labute approximate surface area is 174 Å². The minimum atomic E-state index is -0.586. The maximum atomic E-state index is 14.8. The number of aryl methyl sites for hydroxylation is 1. The molecule has 4 rings (SSSR count). The van der Waals surface area contributed by atoms with Gasteiger partial charge in [0.15, 0.2) is 0 Å². The fourth-order valence-electron chi connectivity index (χ4n) is 3.64. The van der Waals surface area contributed by atoms with Gasteiger partial charge in [0.1, 0.15) is 11.6 Å². The first kappa shape index (κ1) is 19.6. The number of unbranched alkanes of at least 4 members (excludes halogenated alkanes) is 1. The first-order valence-corrected chi connectivity index (χ1v) is 10.2. The lowest BCUT2D eigenvalue weighted by Gasteiger charge is -2.10. The van der Waals surface area contributed by atoms with Crippen molar-refractivity contribution in [1.29, 1.82) is 0 Å². The molecule has 0 aliphatic heterocycles. The fraction of sp³-hybridized carbons (Fsp3) is 0.154. The van der Waals surface area contributed by atoms with Gasteiger partial charge in [-0.2, -0.15) is 0 Å². The summed E-state index contributed by atoms with van der Waals surface area (Å²) in [6.07, 6.45) is 3.40. The molecule has 0 N–H and O–H groups in total. The number of fused-ring (bicyclic) bond motifs is 1. The summed E-state index contributed by atoms with van der Waals surface area (Å²) in [6, 6.07) is 21.6. The summed E-state index contributed by atoms with van der Waals surface area (Å²) >= 11 is 5.88. The Morgan fingerprint density at radius 1 is 0.690 bits per heavy atom. The van der Waals surface area contributed by atoms with Crippen LogP contribution in [0.3, 0.4) is 0 Å². The van der Waals surface area contributed by atoms with Crippen LogP contribution in [0.2, 0.25) is 5.02 Å². The molecule has 4 aromatic carbocycles. The SMILES string of the molecule is CCCCc1ccc2cc(-c3cc(F)c(-c4ccc(Cl)cc4)c(F)c3)ccc2c1. The molecule has 29 heavy (non-hydrogen) atoms. The van der Waals surface area contributed by atoms with Gasteiger partial charge in [-0.25, -0.2) is 8.78 Å². The van der Waals surface area contributed by atoms with Gasteiger partial charge in [-0.15, -0.1) is 0 Å². The maximum Gasteiger partial charge on any atom is 0.134 e. The number of hydrogen-bond donors (Lipinski definition) is 0. The van der Waals surface area contributed by atoms with E-state index in [0.717, 1.165) is 22.8 Å². The van der Waals surface area contributed by atoms with E-state index in [1.54, 1.807) is 24.3 Å². The third kappa shape index (κ3) is 4.18. The predicted octanol–water partition coefficient (Wildman–Crippen LogP) is 8.45. The molecule has 0 heterocycles. The summed E-state index contributed by atoms with van der Waals surface area (Å²) in [7, 11) is 0. The molecule has 0 saturated heterocycles. The molecule has 0 radical (unpaired) electrons. The van der Waals surface area contributed by atoms with E-state index in [9.17, 15) is 8.78 Å². The van der Waals surface area contributed by atoms with Crippen LogP contribution in [0.25, 0.3) is 33.0 Å². The van der Waals surface area contributed by atoms with Gasteiger partial charge in [0.2, 0.25) is 0 Å². The Kier molecular flexibility index (Phi) is 5.64. The van der Waals surface area contributed by atoms with Crippen molar-refractivity contribution in [3.05, 3.63) is 95.0 Å². The van der Waals surface area contributed by atoms with Crippen LogP contribution in [0.5, 0.6) is 0 Å². The summed E-state index contributed by atoms with van der Waals surface area (Å²) < 4.78 is 29.6. The lowest BCUT2D eigenvalue weighted by molar-refractivity contribution is 0.590. The van der Waals surface area contributed by atoms with E-state index < -0.39 is 11.6 Å². The van der Waals surface area contributed by atoms with Crippen LogP contribution >= 0.6 is 11.6 Å². The monoisotopic (exact) mass is 406 g/mol. The smallest absolute Gasteiger partial charge is 0.134 e. The summed E-state index contributed by atoms with van der Waals surface area (Å²) in [5, 5.41) is 2.73. The summed E-state index contributed by atoms with van der Waals surface area (Å²) in [4.78, 5) is 0. The molecule has 3 heteroatoms. The van der Waals surface area contributed by atoms with Crippen molar-refractivity contribution >= 4 is 22.4 Å². The second-order valence-corrected chi connectivity index (χ2v) is 7.76. The van der Waals surface area contributed by atoms with E-state index >= 15 is 0 Å². The van der Waals surface area contributed by atoms with Gasteiger partial charge in [-0.1, -0.05) is 67.4 Å². The quantitative estimate of drug-likeness (QED) is 0.312. The minimum Gasteiger partial charge on any atom is -0.206 e. The average molecular weight is 407 g/mol. The second kappa shape index (κ2) is 8.34. The number of hydrogen-bond acceptors (Lipinski definition) is 0. The molecule has 0 aromatic heterocycles. The van der Waals surface area contributed by atoms with Crippen molar-refractivity contribution in [2.75, 3.05) is 0 Å². The number of halogens is 3. The molecule has 146 valence electrons. The fourth-order valence-corrected chi connectivity index (χ4v) is 3.77. The highest BCUT2D eigenvalue weighted by molar-refractivity contribution is 6.30. The van der Waals surface area contributed by atoms with E-state index in [4.69, 9.17) is 11.6 Å². The Morgan fingerprint density at radius 3 is 2.00 bits per heavy atom. The van der Waals surface area contributed by atoms with Gasteiger partial charge in [-0.3, -0.25) is 0 Å². The van der Waals surface area contributed by atoms with E-state index in [-0.39, 0.29) is 5.56 Å². The first-order valence-electron chi connectivity index (χ1n) is 9.83. The van der Waals surface area contributed by atoms with Gasteiger partial charge in [-0.05, 0) is 76.2 Å². The van der Waals surface area contributed by atoms with Crippen LogP contribution in [0.4, 0.5) is 8.78 Å². The van der Waals surface area contributed by atoms with Gasteiger partial charge in [0.05, 0.1) is 5.56 Å². The van der Waals surface area contributed by atoms with Crippen molar-refractivity contribution in [3.8, 4) is 22.3 Å². The normalized spacial score (nSPS) is 11.2. The van der Waals surface area contributed by atoms with E-state index in [2.05, 4.69) is 25.1 Å². The van der Waals surface area contributed by atoms with Crippen LogP contribution in [0.1, 0.15) is 25.3 Å². The molecule has 0 aliphatic rings. The highest BCUT2D eigenvalue weighted by Crippen LogP contribution is 2.33. The molecule has 0 atom stereocenters. The Balaban J connectivity index is 1.70. The van der Waals surface area contributed by atoms with Crippen molar-refractivity contribution in [2.24, 2.45) is 0 Å².